The van der Waals surface area contributed by atoms with E-state index in [1.165, 1.54) is 23.3 Å². The van der Waals surface area contributed by atoms with E-state index in [4.69, 9.17) is 11.6 Å². The molecular weight excluding hydrogens is 261 g/mol. The Morgan fingerprint density at radius 3 is 2.37 bits per heavy atom. The number of hydrogen-bond acceptors (Lipinski definition) is 1. The van der Waals surface area contributed by atoms with Crippen LogP contribution in [0.5, 0.6) is 0 Å². The molecule has 0 bridgehead atoms. The summed E-state index contributed by atoms with van der Waals surface area (Å²) in [5.41, 5.74) is 4.08. The van der Waals surface area contributed by atoms with Crippen molar-refractivity contribution in [3.8, 4) is 0 Å². The van der Waals surface area contributed by atoms with Crippen LogP contribution in [0.1, 0.15) is 16.7 Å². The summed E-state index contributed by atoms with van der Waals surface area (Å²) in [6.45, 7) is 2.80. The average Bonchev–Trinajstić information content (AvgIpc) is 2.40. The largest absolute Gasteiger partial charge is 0.370 e. The Balaban J connectivity index is 2.17. The molecule has 1 nitrogen and oxygen atoms in total. The fraction of sp³-hybridized carbons (Fsp3) is 0.250. The maximum absolute atomic E-state index is 13.5. The fourth-order valence-corrected chi connectivity index (χ4v) is 2.14. The maximum atomic E-state index is 13.5. The molecule has 2 aromatic rings. The first kappa shape index (κ1) is 13.9. The highest BCUT2D eigenvalue weighted by Gasteiger charge is 2.06. The smallest absolute Gasteiger partial charge is 0.125 e. The lowest BCUT2D eigenvalue weighted by atomic mass is 10.1. The third-order valence-corrected chi connectivity index (χ3v) is 3.39. The zero-order valence-electron chi connectivity index (χ0n) is 11.2. The van der Waals surface area contributed by atoms with Crippen LogP contribution in [0.15, 0.2) is 42.5 Å². The van der Waals surface area contributed by atoms with Gasteiger partial charge in [-0.2, -0.15) is 0 Å². The number of hydrogen-bond donors (Lipinski definition) is 0. The van der Waals surface area contributed by atoms with E-state index in [0.717, 1.165) is 17.8 Å². The van der Waals surface area contributed by atoms with Crippen LogP contribution in [0.3, 0.4) is 0 Å². The Kier molecular flexibility index (Phi) is 4.43. The second-order valence-electron chi connectivity index (χ2n) is 4.79. The molecule has 0 aliphatic rings. The standard InChI is InChI=1S/C16H17ClFN/c1-12-3-5-13(6-4-12)11-19(2)16-8-14(10-17)7-15(18)9-16/h3-9H,10-11H2,1-2H3. The minimum absolute atomic E-state index is 0.246. The number of nitrogens with zero attached hydrogens (tertiary/aromatic N) is 1. The number of anilines is 1. The Bertz CT molecular complexity index is 551. The Morgan fingerprint density at radius 1 is 1.05 bits per heavy atom. The van der Waals surface area contributed by atoms with Crippen molar-refractivity contribution >= 4 is 17.3 Å². The van der Waals surface area contributed by atoms with E-state index < -0.39 is 0 Å². The molecule has 0 aliphatic heterocycles. The van der Waals surface area contributed by atoms with Gasteiger partial charge in [-0.05, 0) is 36.2 Å². The maximum Gasteiger partial charge on any atom is 0.125 e. The normalized spacial score (nSPS) is 10.5. The van der Waals surface area contributed by atoms with E-state index in [0.29, 0.717) is 5.88 Å². The van der Waals surface area contributed by atoms with Crippen molar-refractivity contribution in [1.82, 2.24) is 0 Å². The monoisotopic (exact) mass is 277 g/mol. The number of rotatable bonds is 4. The predicted molar refractivity (Wildman–Crippen MR) is 79.2 cm³/mol. The lowest BCUT2D eigenvalue weighted by Gasteiger charge is -2.20. The minimum atomic E-state index is -0.246. The topological polar surface area (TPSA) is 3.24 Å². The van der Waals surface area contributed by atoms with E-state index >= 15 is 0 Å². The molecule has 0 aliphatic carbocycles. The molecule has 0 amide bonds. The van der Waals surface area contributed by atoms with E-state index in [-0.39, 0.29) is 5.82 Å². The quantitative estimate of drug-likeness (QED) is 0.743. The molecule has 19 heavy (non-hydrogen) atoms. The number of benzene rings is 2. The fourth-order valence-electron chi connectivity index (χ4n) is 1.99. The second-order valence-corrected chi connectivity index (χ2v) is 5.06. The number of aryl methyl sites for hydroxylation is 1. The molecule has 0 aromatic heterocycles. The summed E-state index contributed by atoms with van der Waals surface area (Å²) < 4.78 is 13.5. The lowest BCUT2D eigenvalue weighted by molar-refractivity contribution is 0.625. The van der Waals surface area contributed by atoms with Crippen LogP contribution < -0.4 is 4.90 Å². The third kappa shape index (κ3) is 3.71. The molecule has 2 aromatic carbocycles. The van der Waals surface area contributed by atoms with Crippen LogP contribution >= 0.6 is 11.6 Å². The molecule has 0 spiro atoms. The van der Waals surface area contributed by atoms with Crippen molar-refractivity contribution in [2.45, 2.75) is 19.3 Å². The molecule has 0 saturated heterocycles. The van der Waals surface area contributed by atoms with Gasteiger partial charge in [0.25, 0.3) is 0 Å². The highest BCUT2D eigenvalue weighted by atomic mass is 35.5. The first-order valence-corrected chi connectivity index (χ1v) is 6.74. The summed E-state index contributed by atoms with van der Waals surface area (Å²) in [6, 6.07) is 13.3. The van der Waals surface area contributed by atoms with Crippen LogP contribution in [-0.4, -0.2) is 7.05 Å². The van der Waals surface area contributed by atoms with Crippen molar-refractivity contribution < 1.29 is 4.39 Å². The van der Waals surface area contributed by atoms with Gasteiger partial charge in [-0.15, -0.1) is 11.6 Å². The third-order valence-electron chi connectivity index (χ3n) is 3.08. The van der Waals surface area contributed by atoms with Crippen molar-refractivity contribution in [1.29, 1.82) is 0 Å². The molecule has 2 rings (SSSR count). The zero-order chi connectivity index (χ0) is 13.8. The van der Waals surface area contributed by atoms with Crippen molar-refractivity contribution in [2.24, 2.45) is 0 Å². The molecule has 0 unspecified atom stereocenters. The summed E-state index contributed by atoms with van der Waals surface area (Å²) in [5, 5.41) is 0. The molecule has 100 valence electrons. The van der Waals surface area contributed by atoms with Gasteiger partial charge in [0.1, 0.15) is 5.82 Å². The summed E-state index contributed by atoms with van der Waals surface area (Å²) in [5.74, 6) is 0.0762. The van der Waals surface area contributed by atoms with Crippen molar-refractivity contribution in [3.05, 3.63) is 65.0 Å². The van der Waals surface area contributed by atoms with Gasteiger partial charge in [0.15, 0.2) is 0 Å². The predicted octanol–water partition coefficient (Wildman–Crippen LogP) is 4.51. The van der Waals surface area contributed by atoms with Crippen molar-refractivity contribution in [2.75, 3.05) is 11.9 Å². The van der Waals surface area contributed by atoms with Crippen LogP contribution in [0.25, 0.3) is 0 Å². The Hall–Kier alpha value is -1.54. The highest BCUT2D eigenvalue weighted by molar-refractivity contribution is 6.17. The zero-order valence-corrected chi connectivity index (χ0v) is 11.9. The molecule has 0 saturated carbocycles. The van der Waals surface area contributed by atoms with E-state index in [1.807, 2.05) is 18.0 Å². The average molecular weight is 278 g/mol. The van der Waals surface area contributed by atoms with Gasteiger partial charge in [0, 0.05) is 25.2 Å². The molecule has 0 fully saturated rings. The molecule has 0 radical (unpaired) electrons. The Labute approximate surface area is 118 Å². The lowest BCUT2D eigenvalue weighted by Crippen LogP contribution is -2.16. The van der Waals surface area contributed by atoms with Crippen LogP contribution in [-0.2, 0) is 12.4 Å². The van der Waals surface area contributed by atoms with Crippen molar-refractivity contribution in [3.63, 3.8) is 0 Å². The van der Waals surface area contributed by atoms with E-state index in [9.17, 15) is 4.39 Å². The summed E-state index contributed by atoms with van der Waals surface area (Å²) in [7, 11) is 1.95. The SMILES string of the molecule is Cc1ccc(CN(C)c2cc(F)cc(CCl)c2)cc1. The van der Waals surface area contributed by atoms with E-state index in [1.54, 1.807) is 0 Å². The van der Waals surface area contributed by atoms with Gasteiger partial charge >= 0.3 is 0 Å². The molecule has 0 N–H and O–H groups in total. The first-order valence-electron chi connectivity index (χ1n) is 6.20. The summed E-state index contributed by atoms with van der Waals surface area (Å²) in [4.78, 5) is 2.02. The van der Waals surface area contributed by atoms with Crippen LogP contribution in [0, 0.1) is 12.7 Å². The van der Waals surface area contributed by atoms with Gasteiger partial charge in [-0.25, -0.2) is 4.39 Å². The highest BCUT2D eigenvalue weighted by Crippen LogP contribution is 2.20. The Morgan fingerprint density at radius 2 is 1.74 bits per heavy atom. The summed E-state index contributed by atoms with van der Waals surface area (Å²) in [6.07, 6.45) is 0. The van der Waals surface area contributed by atoms with Gasteiger partial charge in [0.05, 0.1) is 0 Å². The molecule has 0 heterocycles. The van der Waals surface area contributed by atoms with Gasteiger partial charge in [-0.1, -0.05) is 29.8 Å². The van der Waals surface area contributed by atoms with Crippen LogP contribution in [0.2, 0.25) is 0 Å². The number of halogens is 2. The van der Waals surface area contributed by atoms with Crippen LogP contribution in [0.4, 0.5) is 10.1 Å². The summed E-state index contributed by atoms with van der Waals surface area (Å²) >= 11 is 5.77. The van der Waals surface area contributed by atoms with Gasteiger partial charge < -0.3 is 4.90 Å². The molecule has 0 atom stereocenters. The van der Waals surface area contributed by atoms with Gasteiger partial charge in [-0.3, -0.25) is 0 Å². The van der Waals surface area contributed by atoms with Gasteiger partial charge in [0.2, 0.25) is 0 Å². The van der Waals surface area contributed by atoms with E-state index in [2.05, 4.69) is 31.2 Å². The molecule has 3 heteroatoms. The number of alkyl halides is 1. The first-order chi connectivity index (χ1) is 9.08. The minimum Gasteiger partial charge on any atom is -0.370 e. The molecular formula is C16H17ClFN. The second kappa shape index (κ2) is 6.07.